The van der Waals surface area contributed by atoms with Gasteiger partial charge in [-0.15, -0.1) is 0 Å². The molecule has 1 aromatic rings. The molecule has 1 N–H and O–H groups in total. The van der Waals surface area contributed by atoms with Gasteiger partial charge in [0.25, 0.3) is 0 Å². The molecule has 0 unspecified atom stereocenters. The molecule has 1 heteroatoms. The maximum absolute atomic E-state index is 3.07. The predicted molar refractivity (Wildman–Crippen MR) is 42.9 cm³/mol. The Bertz CT molecular complexity index is 153. The van der Waals surface area contributed by atoms with Crippen LogP contribution in [0.1, 0.15) is 31.7 Å². The first-order valence-electron chi connectivity index (χ1n) is 3.97. The first-order chi connectivity index (χ1) is 4.93. The van der Waals surface area contributed by atoms with Crippen molar-refractivity contribution in [2.45, 2.75) is 32.6 Å². The zero-order valence-corrected chi connectivity index (χ0v) is 6.48. The van der Waals surface area contributed by atoms with Crippen molar-refractivity contribution in [2.24, 2.45) is 0 Å². The fourth-order valence-corrected chi connectivity index (χ4v) is 1.03. The normalized spacial score (nSPS) is 10.1. The van der Waals surface area contributed by atoms with Gasteiger partial charge in [0.05, 0.1) is 6.20 Å². The molecule has 1 aromatic heterocycles. The van der Waals surface area contributed by atoms with E-state index in [0.717, 1.165) is 0 Å². The van der Waals surface area contributed by atoms with Crippen molar-refractivity contribution >= 4 is 0 Å². The monoisotopic (exact) mass is 136 g/mol. The summed E-state index contributed by atoms with van der Waals surface area (Å²) >= 11 is 0. The lowest BCUT2D eigenvalue weighted by Gasteiger charge is -1.93. The molecule has 0 atom stereocenters. The van der Waals surface area contributed by atoms with Gasteiger partial charge in [0, 0.05) is 6.20 Å². The molecule has 1 radical (unpaired) electrons. The van der Waals surface area contributed by atoms with E-state index >= 15 is 0 Å². The van der Waals surface area contributed by atoms with Crippen LogP contribution >= 0.6 is 0 Å². The molecular weight excluding hydrogens is 122 g/mol. The molecule has 0 bridgehead atoms. The van der Waals surface area contributed by atoms with Gasteiger partial charge in [-0.2, -0.15) is 0 Å². The van der Waals surface area contributed by atoms with Gasteiger partial charge >= 0.3 is 0 Å². The van der Waals surface area contributed by atoms with E-state index in [9.17, 15) is 0 Å². The maximum Gasteiger partial charge on any atom is 0.0654 e. The summed E-state index contributed by atoms with van der Waals surface area (Å²) in [5, 5.41) is 0. The van der Waals surface area contributed by atoms with Crippen molar-refractivity contribution in [3.63, 3.8) is 0 Å². The van der Waals surface area contributed by atoms with Crippen LogP contribution in [0.25, 0.3) is 0 Å². The standard InChI is InChI=1S/C9H14N/c1-2-3-4-5-9-6-7-10-8-9/h6-7,10H,2-5H2,1H3. The van der Waals surface area contributed by atoms with Crippen LogP contribution in [-0.2, 0) is 6.42 Å². The number of nitrogens with one attached hydrogen (secondary N) is 1. The van der Waals surface area contributed by atoms with Crippen LogP contribution in [0.5, 0.6) is 0 Å². The number of rotatable bonds is 4. The first-order valence-corrected chi connectivity index (χ1v) is 3.97. The summed E-state index contributed by atoms with van der Waals surface area (Å²) < 4.78 is 0. The van der Waals surface area contributed by atoms with Gasteiger partial charge in [-0.05, 0) is 24.5 Å². The number of H-pyrrole nitrogens is 1. The van der Waals surface area contributed by atoms with E-state index < -0.39 is 0 Å². The molecule has 0 saturated carbocycles. The third-order valence-electron chi connectivity index (χ3n) is 1.65. The smallest absolute Gasteiger partial charge is 0.0654 e. The predicted octanol–water partition coefficient (Wildman–Crippen LogP) is 2.55. The molecular formula is C9H14N. The Balaban J connectivity index is 2.15. The Kier molecular flexibility index (Phi) is 3.07. The van der Waals surface area contributed by atoms with E-state index in [4.69, 9.17) is 0 Å². The van der Waals surface area contributed by atoms with Crippen LogP contribution in [0.15, 0.2) is 12.3 Å². The van der Waals surface area contributed by atoms with Crippen molar-refractivity contribution in [1.29, 1.82) is 0 Å². The zero-order chi connectivity index (χ0) is 7.23. The fraction of sp³-hybridized carbons (Fsp3) is 0.556. The number of hydrogen-bond acceptors (Lipinski definition) is 0. The Hall–Kier alpha value is -0.720. The van der Waals surface area contributed by atoms with Crippen LogP contribution in [-0.4, -0.2) is 4.98 Å². The van der Waals surface area contributed by atoms with Crippen LogP contribution in [0, 0.1) is 6.20 Å². The highest BCUT2D eigenvalue weighted by molar-refractivity contribution is 5.06. The second-order valence-electron chi connectivity index (χ2n) is 2.59. The number of hydrogen-bond donors (Lipinski definition) is 1. The lowest BCUT2D eigenvalue weighted by atomic mass is 10.1. The molecule has 55 valence electrons. The topological polar surface area (TPSA) is 15.8 Å². The highest BCUT2D eigenvalue weighted by atomic mass is 14.6. The molecule has 0 amide bonds. The number of aryl methyl sites for hydroxylation is 1. The highest BCUT2D eigenvalue weighted by Gasteiger charge is 1.91. The second kappa shape index (κ2) is 4.15. The molecule has 0 aliphatic heterocycles. The summed E-state index contributed by atoms with van der Waals surface area (Å²) in [5.74, 6) is 0. The molecule has 1 heterocycles. The van der Waals surface area contributed by atoms with Crippen molar-refractivity contribution in [3.05, 3.63) is 24.0 Å². The van der Waals surface area contributed by atoms with Gasteiger partial charge in [0.15, 0.2) is 0 Å². The van der Waals surface area contributed by atoms with E-state index in [1.807, 2.05) is 6.20 Å². The van der Waals surface area contributed by atoms with E-state index in [2.05, 4.69) is 24.2 Å². The molecule has 10 heavy (non-hydrogen) atoms. The van der Waals surface area contributed by atoms with E-state index in [0.29, 0.717) is 0 Å². The molecule has 1 rings (SSSR count). The third-order valence-corrected chi connectivity index (χ3v) is 1.65. The van der Waals surface area contributed by atoms with Gasteiger partial charge in [-0.25, -0.2) is 0 Å². The lowest BCUT2D eigenvalue weighted by molar-refractivity contribution is 0.717. The zero-order valence-electron chi connectivity index (χ0n) is 6.48. The number of aromatic amines is 1. The Morgan fingerprint density at radius 3 is 3.00 bits per heavy atom. The van der Waals surface area contributed by atoms with Gasteiger partial charge < -0.3 is 4.98 Å². The SMILES string of the molecule is CCCCCc1[c][nH]cc1. The van der Waals surface area contributed by atoms with Crippen molar-refractivity contribution in [3.8, 4) is 0 Å². The largest absolute Gasteiger partial charge is 0.360 e. The van der Waals surface area contributed by atoms with Gasteiger partial charge in [0.1, 0.15) is 0 Å². The summed E-state index contributed by atoms with van der Waals surface area (Å²) in [6.07, 6.45) is 10.1. The van der Waals surface area contributed by atoms with Gasteiger partial charge in [-0.3, -0.25) is 0 Å². The quantitative estimate of drug-likeness (QED) is 0.612. The minimum atomic E-state index is 1.18. The lowest BCUT2D eigenvalue weighted by Crippen LogP contribution is -1.80. The molecule has 0 aliphatic rings. The summed E-state index contributed by atoms with van der Waals surface area (Å²) in [4.78, 5) is 2.93. The molecule has 1 nitrogen and oxygen atoms in total. The number of aromatic nitrogens is 1. The van der Waals surface area contributed by atoms with Crippen molar-refractivity contribution in [2.75, 3.05) is 0 Å². The molecule has 0 fully saturated rings. The highest BCUT2D eigenvalue weighted by Crippen LogP contribution is 2.03. The summed E-state index contributed by atoms with van der Waals surface area (Å²) in [5.41, 5.74) is 1.31. The van der Waals surface area contributed by atoms with Crippen LogP contribution in [0.2, 0.25) is 0 Å². The average Bonchev–Trinajstić information content (AvgIpc) is 2.41. The summed E-state index contributed by atoms with van der Waals surface area (Å²) in [6, 6.07) is 2.09. The Labute approximate surface area is 62.5 Å². The van der Waals surface area contributed by atoms with Crippen molar-refractivity contribution in [1.82, 2.24) is 4.98 Å². The van der Waals surface area contributed by atoms with Crippen LogP contribution in [0.4, 0.5) is 0 Å². The minimum Gasteiger partial charge on any atom is -0.360 e. The van der Waals surface area contributed by atoms with Crippen molar-refractivity contribution < 1.29 is 0 Å². The minimum absolute atomic E-state index is 1.18. The maximum atomic E-state index is 3.07. The van der Waals surface area contributed by atoms with Crippen LogP contribution < -0.4 is 0 Å². The molecule has 0 spiro atoms. The summed E-state index contributed by atoms with van der Waals surface area (Å²) in [7, 11) is 0. The fourth-order valence-electron chi connectivity index (χ4n) is 1.03. The molecule has 0 aromatic carbocycles. The summed E-state index contributed by atoms with van der Waals surface area (Å²) in [6.45, 7) is 2.22. The van der Waals surface area contributed by atoms with E-state index in [1.165, 1.54) is 31.2 Å². The first kappa shape index (κ1) is 7.39. The number of unbranched alkanes of at least 4 members (excludes halogenated alkanes) is 2. The Morgan fingerprint density at radius 1 is 1.50 bits per heavy atom. The van der Waals surface area contributed by atoms with E-state index in [1.54, 1.807) is 0 Å². The average molecular weight is 136 g/mol. The van der Waals surface area contributed by atoms with Gasteiger partial charge in [-0.1, -0.05) is 19.8 Å². The van der Waals surface area contributed by atoms with E-state index in [-0.39, 0.29) is 0 Å². The third kappa shape index (κ3) is 2.26. The van der Waals surface area contributed by atoms with Crippen LogP contribution in [0.3, 0.4) is 0 Å². The molecule has 0 aliphatic carbocycles. The second-order valence-corrected chi connectivity index (χ2v) is 2.59. The molecule has 0 saturated heterocycles. The van der Waals surface area contributed by atoms with Gasteiger partial charge in [0.2, 0.25) is 0 Å². The Morgan fingerprint density at radius 2 is 2.40 bits per heavy atom.